The highest BCUT2D eigenvalue weighted by molar-refractivity contribution is 7.92. The van der Waals surface area contributed by atoms with Gasteiger partial charge in [-0.3, -0.25) is 13.9 Å². The number of fused-ring (bicyclic) bond motifs is 1. The number of hydrogen-bond donors (Lipinski definition) is 1. The van der Waals surface area contributed by atoms with E-state index < -0.39 is 46.1 Å². The summed E-state index contributed by atoms with van der Waals surface area (Å²) in [5.41, 5.74) is 0.583. The summed E-state index contributed by atoms with van der Waals surface area (Å²) in [6.45, 7) is 1.51. The number of carbonyl (C=O) groups is 2. The first-order valence-corrected chi connectivity index (χ1v) is 14.0. The van der Waals surface area contributed by atoms with E-state index >= 15 is 0 Å². The minimum atomic E-state index is -4.39. The van der Waals surface area contributed by atoms with Crippen molar-refractivity contribution < 1.29 is 36.3 Å². The topological polar surface area (TPSA) is 105 Å². The van der Waals surface area contributed by atoms with Crippen LogP contribution in [0.1, 0.15) is 18.9 Å². The molecule has 4 rings (SSSR count). The summed E-state index contributed by atoms with van der Waals surface area (Å²) in [6.07, 6.45) is 0.234. The van der Waals surface area contributed by atoms with Crippen molar-refractivity contribution in [2.24, 2.45) is 0 Å². The van der Waals surface area contributed by atoms with E-state index in [0.29, 0.717) is 17.9 Å². The van der Waals surface area contributed by atoms with Gasteiger partial charge in [-0.05, 0) is 60.5 Å². The summed E-state index contributed by atoms with van der Waals surface area (Å²) in [5.74, 6) is -1.56. The van der Waals surface area contributed by atoms with E-state index in [1.165, 1.54) is 66.5 Å². The van der Waals surface area contributed by atoms with Crippen molar-refractivity contribution in [1.29, 1.82) is 0 Å². The van der Waals surface area contributed by atoms with Crippen molar-refractivity contribution in [3.05, 3.63) is 83.9 Å². The molecule has 9 nitrogen and oxygen atoms in total. The predicted octanol–water partition coefficient (Wildman–Crippen LogP) is 3.48. The average Bonchev–Trinajstić information content (AvgIpc) is 2.96. The maximum absolute atomic E-state index is 13.9. The first-order valence-electron chi connectivity index (χ1n) is 12.6. The van der Waals surface area contributed by atoms with E-state index in [0.717, 1.165) is 16.4 Å². The molecule has 0 bridgehead atoms. The molecule has 1 N–H and O–H groups in total. The van der Waals surface area contributed by atoms with Crippen LogP contribution in [0.5, 0.6) is 11.5 Å². The molecule has 2 amide bonds. The molecule has 0 saturated carbocycles. The van der Waals surface area contributed by atoms with Crippen molar-refractivity contribution >= 4 is 27.5 Å². The van der Waals surface area contributed by atoms with Crippen molar-refractivity contribution in [3.63, 3.8) is 0 Å². The van der Waals surface area contributed by atoms with Crippen LogP contribution in [0.3, 0.4) is 0 Å². The molecule has 1 heterocycles. The Kier molecular flexibility index (Phi) is 8.88. The van der Waals surface area contributed by atoms with Crippen LogP contribution in [0.4, 0.5) is 14.5 Å². The van der Waals surface area contributed by atoms with Crippen molar-refractivity contribution in [1.82, 2.24) is 10.2 Å². The second-order valence-electron chi connectivity index (χ2n) is 8.98. The van der Waals surface area contributed by atoms with Gasteiger partial charge in [0, 0.05) is 19.7 Å². The number of hydrogen-bond acceptors (Lipinski definition) is 6. The highest BCUT2D eigenvalue weighted by Gasteiger charge is 2.34. The molecule has 0 saturated heterocycles. The lowest BCUT2D eigenvalue weighted by Crippen LogP contribution is -2.51. The number of nitrogens with zero attached hydrogens (tertiary/aromatic N) is 2. The third-order valence-corrected chi connectivity index (χ3v) is 8.16. The SMILES string of the molecule is CC[C@H](C(=O)NC)N(Cc1ccc(F)cc1)C(=O)CN(c1ccc(F)cc1)S(=O)(=O)c1ccc2c(c1)OCCO2. The summed E-state index contributed by atoms with van der Waals surface area (Å²) in [7, 11) is -2.95. The van der Waals surface area contributed by atoms with E-state index in [1.54, 1.807) is 6.92 Å². The van der Waals surface area contributed by atoms with Gasteiger partial charge in [0.1, 0.15) is 37.4 Å². The molecule has 40 heavy (non-hydrogen) atoms. The second-order valence-corrected chi connectivity index (χ2v) is 10.8. The lowest BCUT2D eigenvalue weighted by atomic mass is 10.1. The summed E-state index contributed by atoms with van der Waals surface area (Å²) in [6, 6.07) is 13.3. The van der Waals surface area contributed by atoms with Crippen LogP contribution in [0.2, 0.25) is 0 Å². The molecule has 3 aromatic rings. The molecule has 0 aliphatic carbocycles. The van der Waals surface area contributed by atoms with Crippen LogP contribution >= 0.6 is 0 Å². The van der Waals surface area contributed by atoms with Gasteiger partial charge in [-0.2, -0.15) is 0 Å². The predicted molar refractivity (Wildman–Crippen MR) is 143 cm³/mol. The number of ether oxygens (including phenoxy) is 2. The summed E-state index contributed by atoms with van der Waals surface area (Å²) in [5, 5.41) is 2.53. The number of benzene rings is 3. The summed E-state index contributed by atoms with van der Waals surface area (Å²) in [4.78, 5) is 27.6. The average molecular weight is 574 g/mol. The highest BCUT2D eigenvalue weighted by Crippen LogP contribution is 2.34. The summed E-state index contributed by atoms with van der Waals surface area (Å²) < 4.78 is 67.0. The molecule has 0 radical (unpaired) electrons. The molecule has 0 unspecified atom stereocenters. The Morgan fingerprint density at radius 1 is 0.925 bits per heavy atom. The van der Waals surface area contributed by atoms with E-state index in [2.05, 4.69) is 5.32 Å². The molecule has 0 fully saturated rings. The van der Waals surface area contributed by atoms with E-state index in [-0.39, 0.29) is 35.9 Å². The molecular weight excluding hydrogens is 544 g/mol. The number of likely N-dealkylation sites (N-methyl/N-ethyl adjacent to an activating group) is 1. The molecule has 1 aliphatic heterocycles. The van der Waals surface area contributed by atoms with Crippen molar-refractivity contribution in [3.8, 4) is 11.5 Å². The molecule has 1 atom stereocenters. The van der Waals surface area contributed by atoms with Crippen molar-refractivity contribution in [2.45, 2.75) is 30.8 Å². The number of carbonyl (C=O) groups excluding carboxylic acids is 2. The van der Waals surface area contributed by atoms with Gasteiger partial charge in [0.2, 0.25) is 11.8 Å². The van der Waals surface area contributed by atoms with Gasteiger partial charge < -0.3 is 19.7 Å². The van der Waals surface area contributed by atoms with E-state index in [1.807, 2.05) is 0 Å². The fraction of sp³-hybridized carbons (Fsp3) is 0.286. The van der Waals surface area contributed by atoms with Crippen molar-refractivity contribution in [2.75, 3.05) is 31.1 Å². The maximum Gasteiger partial charge on any atom is 0.264 e. The highest BCUT2D eigenvalue weighted by atomic mass is 32.2. The lowest BCUT2D eigenvalue weighted by Gasteiger charge is -2.33. The smallest absolute Gasteiger partial charge is 0.264 e. The Balaban J connectivity index is 1.74. The Bertz CT molecular complexity index is 1470. The van der Waals surface area contributed by atoms with Gasteiger partial charge in [0.15, 0.2) is 11.5 Å². The second kappa shape index (κ2) is 12.3. The molecule has 12 heteroatoms. The third kappa shape index (κ3) is 6.33. The number of anilines is 1. The van der Waals surface area contributed by atoms with Gasteiger partial charge >= 0.3 is 0 Å². The molecule has 3 aromatic carbocycles. The minimum absolute atomic E-state index is 0.0411. The van der Waals surface area contributed by atoms with Gasteiger partial charge in [0.05, 0.1) is 10.6 Å². The van der Waals surface area contributed by atoms with Crippen LogP contribution < -0.4 is 19.1 Å². The third-order valence-electron chi connectivity index (χ3n) is 6.39. The maximum atomic E-state index is 13.9. The van der Waals surface area contributed by atoms with Gasteiger partial charge in [-0.1, -0.05) is 19.1 Å². The van der Waals surface area contributed by atoms with Crippen LogP contribution in [0, 0.1) is 11.6 Å². The minimum Gasteiger partial charge on any atom is -0.486 e. The largest absolute Gasteiger partial charge is 0.486 e. The van der Waals surface area contributed by atoms with Gasteiger partial charge in [-0.15, -0.1) is 0 Å². The Hall–Kier alpha value is -4.19. The fourth-order valence-electron chi connectivity index (χ4n) is 4.32. The Morgan fingerprint density at radius 2 is 1.52 bits per heavy atom. The Morgan fingerprint density at radius 3 is 2.12 bits per heavy atom. The summed E-state index contributed by atoms with van der Waals surface area (Å²) >= 11 is 0. The van der Waals surface area contributed by atoms with Gasteiger partial charge in [-0.25, -0.2) is 17.2 Å². The van der Waals surface area contributed by atoms with Crippen LogP contribution in [-0.2, 0) is 26.2 Å². The molecule has 0 aromatic heterocycles. The van der Waals surface area contributed by atoms with E-state index in [9.17, 15) is 26.8 Å². The molecule has 1 aliphatic rings. The zero-order valence-corrected chi connectivity index (χ0v) is 22.8. The zero-order valence-electron chi connectivity index (χ0n) is 22.0. The lowest BCUT2D eigenvalue weighted by molar-refractivity contribution is -0.140. The first-order chi connectivity index (χ1) is 19.1. The van der Waals surface area contributed by atoms with Crippen LogP contribution in [0.25, 0.3) is 0 Å². The van der Waals surface area contributed by atoms with E-state index in [4.69, 9.17) is 9.47 Å². The quantitative estimate of drug-likeness (QED) is 0.398. The normalized spacial score (nSPS) is 13.3. The first kappa shape index (κ1) is 28.8. The monoisotopic (exact) mass is 573 g/mol. The fourth-order valence-corrected chi connectivity index (χ4v) is 5.75. The number of sulfonamides is 1. The van der Waals surface area contributed by atoms with Gasteiger partial charge in [0.25, 0.3) is 10.0 Å². The zero-order chi connectivity index (χ0) is 28.9. The number of halogens is 2. The van der Waals surface area contributed by atoms with Crippen LogP contribution in [0.15, 0.2) is 71.6 Å². The standard InChI is InChI=1S/C28H29F2N3O6S/c1-3-24(28(35)31-2)32(17-19-4-6-20(29)7-5-19)27(34)18-33(22-10-8-21(30)9-11-22)40(36,37)23-12-13-25-26(16-23)39-15-14-38-25/h4-13,16,24H,3,14-15,17-18H2,1-2H3,(H,31,35)/t24-/m1/s1. The molecule has 0 spiro atoms. The number of nitrogens with one attached hydrogen (secondary N) is 1. The molecular formula is C28H29F2N3O6S. The Labute approximate surface area is 231 Å². The van der Waals surface area contributed by atoms with Crippen LogP contribution in [-0.4, -0.2) is 58.0 Å². The number of rotatable bonds is 10. The number of amides is 2. The molecule has 212 valence electrons.